The predicted octanol–water partition coefficient (Wildman–Crippen LogP) is 4.06. The second-order valence-electron chi connectivity index (χ2n) is 7.65. The molecule has 5 nitrogen and oxygen atoms in total. The predicted molar refractivity (Wildman–Crippen MR) is 118 cm³/mol. The van der Waals surface area contributed by atoms with Crippen molar-refractivity contribution in [2.45, 2.75) is 38.3 Å². The summed E-state index contributed by atoms with van der Waals surface area (Å²) in [5.41, 5.74) is -0.566. The molecule has 0 spiro atoms. The number of aliphatic imine (C=N–C) groups is 1. The van der Waals surface area contributed by atoms with Gasteiger partial charge >= 0.3 is 12.1 Å². The molecule has 0 unspecified atom stereocenters. The quantitative estimate of drug-likeness (QED) is 0.278. The maximum Gasteiger partial charge on any atom is 0.416 e. The van der Waals surface area contributed by atoms with Crippen LogP contribution in [0.4, 0.5) is 13.2 Å². The first kappa shape index (κ1) is 25.5. The summed E-state index contributed by atoms with van der Waals surface area (Å²) in [6.45, 7) is 5.56. The van der Waals surface area contributed by atoms with E-state index in [2.05, 4.69) is 15.2 Å². The minimum absolute atomic E-state index is 0. The smallest absolute Gasteiger partial charge is 0.416 e. The fraction of sp³-hybridized carbons (Fsp3) is 0.600. The van der Waals surface area contributed by atoms with Crippen molar-refractivity contribution in [2.75, 3.05) is 33.8 Å². The molecule has 1 aromatic carbocycles. The van der Waals surface area contributed by atoms with Crippen LogP contribution in [0.1, 0.15) is 37.8 Å². The van der Waals surface area contributed by atoms with Gasteiger partial charge in [-0.2, -0.15) is 13.2 Å². The molecule has 0 saturated carbocycles. The lowest BCUT2D eigenvalue weighted by Crippen LogP contribution is -2.49. The Morgan fingerprint density at radius 3 is 2.34 bits per heavy atom. The Morgan fingerprint density at radius 2 is 1.83 bits per heavy atom. The molecule has 0 atom stereocenters. The minimum Gasteiger partial charge on any atom is -0.469 e. The number of methoxy groups -OCH3 is 1. The van der Waals surface area contributed by atoms with Crippen LogP contribution < -0.4 is 5.32 Å². The second kappa shape index (κ2) is 10.5. The molecule has 0 bridgehead atoms. The van der Waals surface area contributed by atoms with Crippen LogP contribution in [0.3, 0.4) is 0 Å². The third-order valence-corrected chi connectivity index (χ3v) is 5.20. The molecule has 164 valence electrons. The van der Waals surface area contributed by atoms with Gasteiger partial charge in [-0.25, -0.2) is 0 Å². The summed E-state index contributed by atoms with van der Waals surface area (Å²) in [6, 6.07) is 5.43. The van der Waals surface area contributed by atoms with Gasteiger partial charge in [0.25, 0.3) is 0 Å². The number of hydrogen-bond acceptors (Lipinski definition) is 3. The number of guanidine groups is 1. The Labute approximate surface area is 187 Å². The molecule has 1 aliphatic heterocycles. The van der Waals surface area contributed by atoms with Crippen LogP contribution in [0.25, 0.3) is 0 Å². The highest BCUT2D eigenvalue weighted by atomic mass is 127. The van der Waals surface area contributed by atoms with Crippen molar-refractivity contribution in [2.24, 2.45) is 10.9 Å². The Kier molecular flexibility index (Phi) is 9.23. The van der Waals surface area contributed by atoms with Crippen molar-refractivity contribution < 1.29 is 22.7 Å². The zero-order valence-electron chi connectivity index (χ0n) is 17.2. The highest BCUT2D eigenvalue weighted by Crippen LogP contribution is 2.32. The number of carbonyl (C=O) groups excluding carboxylic acids is 1. The molecule has 0 radical (unpaired) electrons. The zero-order valence-corrected chi connectivity index (χ0v) is 19.5. The summed E-state index contributed by atoms with van der Waals surface area (Å²) in [5.74, 6) is 0.401. The number of likely N-dealkylation sites (tertiary alicyclic amines) is 1. The molecule has 1 aromatic rings. The van der Waals surface area contributed by atoms with Crippen LogP contribution in [-0.2, 0) is 21.1 Å². The number of alkyl halides is 3. The molecule has 1 N–H and O–H groups in total. The summed E-state index contributed by atoms with van der Waals surface area (Å²) in [4.78, 5) is 18.0. The van der Waals surface area contributed by atoms with E-state index in [0.717, 1.165) is 6.07 Å². The van der Waals surface area contributed by atoms with Gasteiger partial charge < -0.3 is 15.0 Å². The molecule has 1 heterocycles. The first-order valence-corrected chi connectivity index (χ1v) is 9.29. The third-order valence-electron chi connectivity index (χ3n) is 5.20. The molecular weight excluding hydrogens is 498 g/mol. The van der Waals surface area contributed by atoms with Crippen LogP contribution in [0.15, 0.2) is 29.3 Å². The van der Waals surface area contributed by atoms with E-state index >= 15 is 0 Å². The van der Waals surface area contributed by atoms with Crippen LogP contribution >= 0.6 is 24.0 Å². The number of hydrogen-bond donors (Lipinski definition) is 1. The van der Waals surface area contributed by atoms with Gasteiger partial charge in [-0.05, 0) is 24.5 Å². The monoisotopic (exact) mass is 527 g/mol. The lowest BCUT2D eigenvalue weighted by molar-refractivity contribution is -0.146. The van der Waals surface area contributed by atoms with Gasteiger partial charge in [-0.15, -0.1) is 24.0 Å². The van der Waals surface area contributed by atoms with Gasteiger partial charge in [0.1, 0.15) is 0 Å². The molecule has 1 saturated heterocycles. The van der Waals surface area contributed by atoms with E-state index in [4.69, 9.17) is 4.74 Å². The zero-order chi connectivity index (χ0) is 20.9. The molecule has 2 rings (SSSR count). The SMILES string of the molecule is CN=C(NCC(C)(C)c1cccc(C(F)(F)F)c1)N1CCC(C(=O)OC)CC1.I. The molecule has 0 aromatic heterocycles. The van der Waals surface area contributed by atoms with Crippen molar-refractivity contribution in [1.82, 2.24) is 10.2 Å². The number of piperidine rings is 1. The van der Waals surface area contributed by atoms with Crippen LogP contribution in [0, 0.1) is 5.92 Å². The number of esters is 1. The van der Waals surface area contributed by atoms with Crippen molar-refractivity contribution in [1.29, 1.82) is 0 Å². The number of benzene rings is 1. The fourth-order valence-corrected chi connectivity index (χ4v) is 3.34. The summed E-state index contributed by atoms with van der Waals surface area (Å²) in [7, 11) is 3.07. The van der Waals surface area contributed by atoms with Gasteiger partial charge in [0.05, 0.1) is 18.6 Å². The summed E-state index contributed by atoms with van der Waals surface area (Å²) in [6.07, 6.45) is -2.99. The molecule has 0 aliphatic carbocycles. The van der Waals surface area contributed by atoms with E-state index in [9.17, 15) is 18.0 Å². The van der Waals surface area contributed by atoms with Crippen LogP contribution in [0.2, 0.25) is 0 Å². The van der Waals surface area contributed by atoms with Gasteiger partial charge in [0.2, 0.25) is 0 Å². The van der Waals surface area contributed by atoms with Crippen molar-refractivity contribution in [3.8, 4) is 0 Å². The van der Waals surface area contributed by atoms with E-state index in [0.29, 0.717) is 44.0 Å². The topological polar surface area (TPSA) is 53.9 Å². The van der Waals surface area contributed by atoms with Crippen molar-refractivity contribution >= 4 is 35.9 Å². The number of nitrogens with zero attached hydrogens (tertiary/aromatic N) is 2. The molecule has 0 amide bonds. The lowest BCUT2D eigenvalue weighted by Gasteiger charge is -2.35. The van der Waals surface area contributed by atoms with E-state index in [1.165, 1.54) is 19.2 Å². The third kappa shape index (κ3) is 6.75. The number of halogens is 4. The fourth-order valence-electron chi connectivity index (χ4n) is 3.34. The summed E-state index contributed by atoms with van der Waals surface area (Å²) in [5, 5.41) is 3.27. The van der Waals surface area contributed by atoms with Crippen LogP contribution in [0.5, 0.6) is 0 Å². The number of ether oxygens (including phenoxy) is 1. The first-order chi connectivity index (χ1) is 13.1. The molecule has 1 fully saturated rings. The largest absolute Gasteiger partial charge is 0.469 e. The Hall–Kier alpha value is -1.52. The van der Waals surface area contributed by atoms with E-state index in [1.54, 1.807) is 13.1 Å². The van der Waals surface area contributed by atoms with Crippen molar-refractivity contribution in [3.05, 3.63) is 35.4 Å². The average molecular weight is 527 g/mol. The van der Waals surface area contributed by atoms with E-state index < -0.39 is 17.2 Å². The maximum atomic E-state index is 13.0. The summed E-state index contributed by atoms with van der Waals surface area (Å²) >= 11 is 0. The highest BCUT2D eigenvalue weighted by Gasteiger charge is 2.32. The average Bonchev–Trinajstić information content (AvgIpc) is 2.67. The number of carbonyl (C=O) groups is 1. The van der Waals surface area contributed by atoms with Gasteiger partial charge in [-0.1, -0.05) is 32.0 Å². The van der Waals surface area contributed by atoms with Gasteiger partial charge in [-0.3, -0.25) is 9.79 Å². The van der Waals surface area contributed by atoms with Crippen LogP contribution in [-0.4, -0.2) is 50.6 Å². The first-order valence-electron chi connectivity index (χ1n) is 9.29. The second-order valence-corrected chi connectivity index (χ2v) is 7.65. The van der Waals surface area contributed by atoms with Gasteiger partial charge in [0.15, 0.2) is 5.96 Å². The molecule has 1 aliphatic rings. The molecular formula is C20H29F3IN3O2. The Morgan fingerprint density at radius 1 is 1.24 bits per heavy atom. The number of nitrogens with one attached hydrogen (secondary N) is 1. The summed E-state index contributed by atoms with van der Waals surface area (Å²) < 4.78 is 43.8. The molecule has 29 heavy (non-hydrogen) atoms. The number of rotatable bonds is 4. The van der Waals surface area contributed by atoms with E-state index in [-0.39, 0.29) is 35.9 Å². The Bertz CT molecular complexity index is 715. The lowest BCUT2D eigenvalue weighted by atomic mass is 9.83. The Balaban J connectivity index is 0.00000420. The standard InChI is InChI=1S/C20H28F3N3O2.HI/c1-19(2,15-6-5-7-16(12-15)20(21,22)23)13-25-18(24-3)26-10-8-14(9-11-26)17(27)28-4;/h5-7,12,14H,8-11,13H2,1-4H3,(H,24,25);1H. The minimum atomic E-state index is -4.36. The van der Waals surface area contributed by atoms with E-state index in [1.807, 2.05) is 13.8 Å². The highest BCUT2D eigenvalue weighted by molar-refractivity contribution is 14.0. The maximum absolute atomic E-state index is 13.0. The molecule has 9 heteroatoms. The van der Waals surface area contributed by atoms with Crippen molar-refractivity contribution in [3.63, 3.8) is 0 Å². The van der Waals surface area contributed by atoms with Gasteiger partial charge in [0, 0.05) is 32.1 Å². The normalized spacial score (nSPS) is 16.2.